The van der Waals surface area contributed by atoms with Crippen LogP contribution >= 0.6 is 0 Å². The number of carbonyl (C=O) groups excluding carboxylic acids is 2. The molecule has 19 heteroatoms. The van der Waals surface area contributed by atoms with E-state index in [1.807, 2.05) is 69.2 Å². The third-order valence-corrected chi connectivity index (χ3v) is 13.9. The molecule has 0 amide bonds. The standard InChI is InChI=1S/C12H19FO5.C11H19FO3.C11H20O4.C10H18O5/c1-5-12(6-13)7(2)10(16-8(3)14)11(18-12)17-9(4)15;2*1-5-11(6-12)7(2)8-9(15-11)14-10(3,4)13-8;1-6-7-8(14-9(2,3)13-7)15-10(6,4-11)5-12/h7,10-11H,5-6H2,1-4H3;7-9H,5-6H2,1-4H3;7-9,12H,5-6H2,1-4H3;6-8,11-12H,4-5H2,1-3H3/t7-,10?,11?,12+;2*7-,8?,9-,11+;6-,7?,8-/m1111/s1. The van der Waals surface area contributed by atoms with E-state index in [1.54, 1.807) is 13.8 Å². The van der Waals surface area contributed by atoms with Crippen LogP contribution in [-0.4, -0.2) is 150 Å². The lowest BCUT2D eigenvalue weighted by Crippen LogP contribution is -2.45. The summed E-state index contributed by atoms with van der Waals surface area (Å²) in [6.45, 7) is 25.3. The highest BCUT2D eigenvalue weighted by molar-refractivity contribution is 5.67. The van der Waals surface area contributed by atoms with Crippen molar-refractivity contribution < 1.29 is 90.5 Å². The van der Waals surface area contributed by atoms with Crippen molar-refractivity contribution in [2.45, 2.75) is 212 Å². The Labute approximate surface area is 371 Å². The summed E-state index contributed by atoms with van der Waals surface area (Å²) in [6.07, 6.45) is -1.67. The Bertz CT molecular complexity index is 1390. The first-order valence-electron chi connectivity index (χ1n) is 22.2. The van der Waals surface area contributed by atoms with Gasteiger partial charge in [-0.3, -0.25) is 9.59 Å². The zero-order valence-corrected chi connectivity index (χ0v) is 39.9. The molecule has 7 heterocycles. The van der Waals surface area contributed by atoms with Crippen molar-refractivity contribution in [3.05, 3.63) is 0 Å². The predicted molar refractivity (Wildman–Crippen MR) is 219 cm³/mol. The lowest BCUT2D eigenvalue weighted by molar-refractivity contribution is -0.244. The van der Waals surface area contributed by atoms with Gasteiger partial charge in [-0.25, -0.2) is 8.78 Å². The highest BCUT2D eigenvalue weighted by Crippen LogP contribution is 2.49. The van der Waals surface area contributed by atoms with Crippen LogP contribution in [0.5, 0.6) is 0 Å². The van der Waals surface area contributed by atoms with Gasteiger partial charge in [-0.05, 0) is 60.8 Å². The second kappa shape index (κ2) is 20.2. The van der Waals surface area contributed by atoms with Gasteiger partial charge in [-0.1, -0.05) is 48.5 Å². The zero-order chi connectivity index (χ0) is 47.7. The van der Waals surface area contributed by atoms with Crippen molar-refractivity contribution in [1.29, 1.82) is 0 Å². The highest BCUT2D eigenvalue weighted by atomic mass is 19.1. The quantitative estimate of drug-likeness (QED) is 0.248. The minimum absolute atomic E-state index is 0.0187. The van der Waals surface area contributed by atoms with E-state index in [0.717, 1.165) is 6.42 Å². The molecule has 5 unspecified atom stereocenters. The third kappa shape index (κ3) is 11.0. The largest absolute Gasteiger partial charge is 0.455 e. The Morgan fingerprint density at radius 3 is 1.11 bits per heavy atom. The monoisotopic (exact) mass is 915 g/mol. The van der Waals surface area contributed by atoms with Crippen LogP contribution in [0.1, 0.15) is 123 Å². The molecule has 63 heavy (non-hydrogen) atoms. The second-order valence-electron chi connectivity index (χ2n) is 19.1. The van der Waals surface area contributed by atoms with E-state index in [4.69, 9.17) is 56.8 Å². The van der Waals surface area contributed by atoms with Crippen molar-refractivity contribution in [3.63, 3.8) is 0 Å². The molecule has 7 aliphatic heterocycles. The number of halogens is 2. The molecule has 0 spiro atoms. The second-order valence-corrected chi connectivity index (χ2v) is 19.1. The molecule has 0 aromatic rings. The number of alkyl halides is 2. The zero-order valence-electron chi connectivity index (χ0n) is 39.9. The minimum atomic E-state index is -1.07. The maximum Gasteiger partial charge on any atom is 0.305 e. The van der Waals surface area contributed by atoms with E-state index in [-0.39, 0.29) is 68.1 Å². The molecule has 0 aromatic carbocycles. The van der Waals surface area contributed by atoms with Crippen LogP contribution in [0.15, 0.2) is 0 Å². The normalized spacial score (nSPS) is 43.0. The van der Waals surface area contributed by atoms with Crippen LogP contribution in [0.4, 0.5) is 8.78 Å². The van der Waals surface area contributed by atoms with Gasteiger partial charge in [-0.15, -0.1) is 0 Å². The first-order valence-corrected chi connectivity index (χ1v) is 22.2. The fourth-order valence-electron chi connectivity index (χ4n) is 9.44. The average molecular weight is 915 g/mol. The van der Waals surface area contributed by atoms with Crippen molar-refractivity contribution in [2.24, 2.45) is 23.7 Å². The van der Waals surface area contributed by atoms with Gasteiger partial charge >= 0.3 is 11.9 Å². The van der Waals surface area contributed by atoms with Gasteiger partial charge < -0.3 is 72.2 Å². The molecule has 7 rings (SSSR count). The molecule has 7 aliphatic rings. The summed E-state index contributed by atoms with van der Waals surface area (Å²) in [5.74, 6) is -3.22. The first kappa shape index (κ1) is 53.9. The SMILES string of the molecule is CC[C@@]1(CF)OC(OC(C)=O)C(OC(C)=O)[C@H]1C.CC[C@@]1(CF)O[C@H]2OC(C)(C)OC2[C@H]1C.CC[C@@]1(CO)O[C@H]2OC(C)(C)OC2[C@H]1C.C[C@@H]1C2OC(C)(C)O[C@@H]2OC1(CO)CO. The molecule has 7 saturated heterocycles. The average Bonchev–Trinajstić information content (AvgIpc) is 4.03. The molecule has 15 atom stereocenters. The summed E-state index contributed by atoms with van der Waals surface area (Å²) in [6, 6.07) is 0. The van der Waals surface area contributed by atoms with Crippen LogP contribution < -0.4 is 0 Å². The maximum absolute atomic E-state index is 13.2. The summed E-state index contributed by atoms with van der Waals surface area (Å²) >= 11 is 0. The molecule has 0 aliphatic carbocycles. The molecule has 17 nitrogen and oxygen atoms in total. The molecule has 0 aromatic heterocycles. The van der Waals surface area contributed by atoms with E-state index in [0.29, 0.717) is 12.8 Å². The number of ether oxygens (including phenoxy) is 12. The maximum atomic E-state index is 13.2. The predicted octanol–water partition coefficient (Wildman–Crippen LogP) is 4.97. The van der Waals surface area contributed by atoms with Gasteiger partial charge in [0.25, 0.3) is 0 Å². The van der Waals surface area contributed by atoms with Crippen LogP contribution in [0.2, 0.25) is 0 Å². The lowest BCUT2D eigenvalue weighted by Gasteiger charge is -2.32. The molecular weight excluding hydrogens is 838 g/mol. The van der Waals surface area contributed by atoms with Gasteiger partial charge in [0.15, 0.2) is 42.3 Å². The minimum Gasteiger partial charge on any atom is -0.455 e. The van der Waals surface area contributed by atoms with Gasteiger partial charge in [0, 0.05) is 37.5 Å². The molecule has 0 bridgehead atoms. The molecule has 3 N–H and O–H groups in total. The molecule has 0 radical (unpaired) electrons. The number of aliphatic hydroxyl groups excluding tert-OH is 3. The summed E-state index contributed by atoms with van der Waals surface area (Å²) < 4.78 is 92.9. The van der Waals surface area contributed by atoms with Crippen LogP contribution in [0, 0.1) is 23.7 Å². The molecule has 7 fully saturated rings. The van der Waals surface area contributed by atoms with Gasteiger partial charge in [-0.2, -0.15) is 0 Å². The lowest BCUT2D eigenvalue weighted by atomic mass is 9.86. The number of hydrogen-bond acceptors (Lipinski definition) is 17. The number of rotatable bonds is 10. The number of esters is 2. The van der Waals surface area contributed by atoms with E-state index >= 15 is 0 Å². The summed E-state index contributed by atoms with van der Waals surface area (Å²) in [5, 5.41) is 28.0. The smallest absolute Gasteiger partial charge is 0.305 e. The Hall–Kier alpha value is -1.72. The summed E-state index contributed by atoms with van der Waals surface area (Å²) in [5.41, 5.74) is -3.22. The Kier molecular flexibility index (Phi) is 17.3. The Morgan fingerprint density at radius 2 is 0.794 bits per heavy atom. The number of aliphatic hydroxyl groups is 3. The van der Waals surface area contributed by atoms with Gasteiger partial charge in [0.1, 0.15) is 48.5 Å². The fraction of sp³-hybridized carbons (Fsp3) is 0.955. The third-order valence-electron chi connectivity index (χ3n) is 13.9. The van der Waals surface area contributed by atoms with Crippen molar-refractivity contribution in [1.82, 2.24) is 0 Å². The van der Waals surface area contributed by atoms with E-state index in [1.165, 1.54) is 13.8 Å². The van der Waals surface area contributed by atoms with Crippen LogP contribution in [0.3, 0.4) is 0 Å². The number of hydrogen-bond donors (Lipinski definition) is 3. The van der Waals surface area contributed by atoms with E-state index in [2.05, 4.69) is 6.92 Å². The topological polar surface area (TPSA) is 206 Å². The van der Waals surface area contributed by atoms with Crippen LogP contribution in [0.25, 0.3) is 0 Å². The fourth-order valence-corrected chi connectivity index (χ4v) is 9.44. The van der Waals surface area contributed by atoms with E-state index < -0.39 is 90.0 Å². The van der Waals surface area contributed by atoms with Gasteiger partial charge in [0.05, 0.1) is 25.4 Å². The molecule has 0 saturated carbocycles. The number of carbonyl (C=O) groups is 2. The summed E-state index contributed by atoms with van der Waals surface area (Å²) in [7, 11) is 0. The van der Waals surface area contributed by atoms with E-state index in [9.17, 15) is 33.7 Å². The summed E-state index contributed by atoms with van der Waals surface area (Å²) in [4.78, 5) is 22.0. The highest BCUT2D eigenvalue weighted by Gasteiger charge is 2.62. The van der Waals surface area contributed by atoms with Crippen molar-refractivity contribution >= 4 is 11.9 Å². The van der Waals surface area contributed by atoms with Crippen molar-refractivity contribution in [3.8, 4) is 0 Å². The van der Waals surface area contributed by atoms with Gasteiger partial charge in [0.2, 0.25) is 6.29 Å². The Morgan fingerprint density at radius 1 is 0.476 bits per heavy atom. The Balaban J connectivity index is 0.000000185. The molecular formula is C44H76F2O17. The first-order chi connectivity index (χ1) is 29.2. The molecule has 368 valence electrons. The van der Waals surface area contributed by atoms with Crippen LogP contribution in [-0.2, 0) is 66.4 Å². The number of fused-ring (bicyclic) bond motifs is 3. The van der Waals surface area contributed by atoms with Crippen molar-refractivity contribution in [2.75, 3.05) is 33.2 Å².